The summed E-state index contributed by atoms with van der Waals surface area (Å²) < 4.78 is 0. The number of nitrogens with one attached hydrogen (secondary N) is 1. The van der Waals surface area contributed by atoms with Crippen molar-refractivity contribution in [2.45, 2.75) is 6.42 Å². The molecule has 0 heterocycles. The number of carbonyl (C=O) groups is 1. The number of nitro benzene ring substituents is 1. The van der Waals surface area contributed by atoms with Crippen molar-refractivity contribution in [2.75, 3.05) is 5.43 Å². The van der Waals surface area contributed by atoms with Crippen LogP contribution < -0.4 is 5.43 Å². The van der Waals surface area contributed by atoms with E-state index in [9.17, 15) is 14.9 Å². The summed E-state index contributed by atoms with van der Waals surface area (Å²) in [5, 5.41) is 15.1. The molecule has 3 aromatic rings. The lowest BCUT2D eigenvalue weighted by Crippen LogP contribution is -2.11. The molecule has 0 saturated heterocycles. The minimum Gasteiger partial charge on any atom is -0.294 e. The van der Waals surface area contributed by atoms with E-state index in [0.717, 1.165) is 5.56 Å². The monoisotopic (exact) mass is 359 g/mol. The maximum absolute atomic E-state index is 12.6. The first-order chi connectivity index (χ1) is 13.1. The summed E-state index contributed by atoms with van der Waals surface area (Å²) >= 11 is 0. The van der Waals surface area contributed by atoms with Gasteiger partial charge in [0.25, 0.3) is 5.69 Å². The number of hydrogen-bond acceptors (Lipinski definition) is 5. The first-order valence-corrected chi connectivity index (χ1v) is 8.34. The minimum atomic E-state index is -0.457. The van der Waals surface area contributed by atoms with Crippen molar-refractivity contribution in [1.82, 2.24) is 0 Å². The minimum absolute atomic E-state index is 0.00654. The predicted molar refractivity (Wildman–Crippen MR) is 105 cm³/mol. The molecule has 0 atom stereocenters. The summed E-state index contributed by atoms with van der Waals surface area (Å²) in [6.45, 7) is 0. The Kier molecular flexibility index (Phi) is 5.69. The number of rotatable bonds is 7. The van der Waals surface area contributed by atoms with Crippen LogP contribution in [0, 0.1) is 10.1 Å². The summed E-state index contributed by atoms with van der Waals surface area (Å²) in [5.74, 6) is -0.0382. The molecule has 0 radical (unpaired) electrons. The second-order valence-electron chi connectivity index (χ2n) is 5.81. The number of carbonyl (C=O) groups excluding carboxylic acids is 1. The molecular formula is C21H17N3O3. The molecule has 0 fully saturated rings. The average Bonchev–Trinajstić information content (AvgIpc) is 2.72. The maximum atomic E-state index is 12.6. The number of hydrogen-bond donors (Lipinski definition) is 1. The van der Waals surface area contributed by atoms with Crippen LogP contribution in [-0.2, 0) is 0 Å². The Morgan fingerprint density at radius 2 is 1.41 bits per heavy atom. The molecule has 0 aliphatic rings. The highest BCUT2D eigenvalue weighted by molar-refractivity contribution is 6.15. The lowest BCUT2D eigenvalue weighted by atomic mass is 10.0. The van der Waals surface area contributed by atoms with Gasteiger partial charge in [-0.15, -0.1) is 0 Å². The Morgan fingerprint density at radius 3 is 1.96 bits per heavy atom. The molecule has 3 aromatic carbocycles. The number of nitro groups is 1. The van der Waals surface area contributed by atoms with Crippen molar-refractivity contribution in [3.05, 3.63) is 106 Å². The number of ketones is 1. The fraction of sp³-hybridized carbons (Fsp3) is 0.0476. The Labute approximate surface area is 156 Å². The first kappa shape index (κ1) is 18.0. The third-order valence-corrected chi connectivity index (χ3v) is 3.93. The summed E-state index contributed by atoms with van der Waals surface area (Å²) in [4.78, 5) is 22.9. The highest BCUT2D eigenvalue weighted by Gasteiger charge is 2.12. The molecule has 3 rings (SSSR count). The van der Waals surface area contributed by atoms with Crippen molar-refractivity contribution in [1.29, 1.82) is 0 Å². The third kappa shape index (κ3) is 4.85. The molecule has 6 nitrogen and oxygen atoms in total. The van der Waals surface area contributed by atoms with E-state index in [2.05, 4.69) is 10.5 Å². The van der Waals surface area contributed by atoms with Gasteiger partial charge in [0, 0.05) is 17.7 Å². The van der Waals surface area contributed by atoms with Gasteiger partial charge < -0.3 is 0 Å². The van der Waals surface area contributed by atoms with Gasteiger partial charge in [0.15, 0.2) is 5.78 Å². The van der Waals surface area contributed by atoms with Gasteiger partial charge in [-0.05, 0) is 17.7 Å². The van der Waals surface area contributed by atoms with Gasteiger partial charge in [-0.2, -0.15) is 5.10 Å². The fourth-order valence-electron chi connectivity index (χ4n) is 2.50. The topological polar surface area (TPSA) is 84.6 Å². The first-order valence-electron chi connectivity index (χ1n) is 8.34. The van der Waals surface area contributed by atoms with Crippen molar-refractivity contribution in [3.63, 3.8) is 0 Å². The van der Waals surface area contributed by atoms with Crippen LogP contribution in [0.25, 0.3) is 0 Å². The smallest absolute Gasteiger partial charge is 0.269 e. The van der Waals surface area contributed by atoms with E-state index in [1.165, 1.54) is 12.1 Å². The Morgan fingerprint density at radius 1 is 0.852 bits per heavy atom. The molecule has 0 aliphatic heterocycles. The van der Waals surface area contributed by atoms with Gasteiger partial charge in [-0.3, -0.25) is 20.3 Å². The molecule has 6 heteroatoms. The number of benzene rings is 3. The van der Waals surface area contributed by atoms with Crippen molar-refractivity contribution in [3.8, 4) is 0 Å². The van der Waals surface area contributed by atoms with Crippen LogP contribution in [0.3, 0.4) is 0 Å². The summed E-state index contributed by atoms with van der Waals surface area (Å²) in [6, 6.07) is 24.4. The molecule has 0 saturated carbocycles. The fourth-order valence-corrected chi connectivity index (χ4v) is 2.50. The second kappa shape index (κ2) is 8.53. The second-order valence-corrected chi connectivity index (χ2v) is 5.81. The molecular weight excluding hydrogens is 342 g/mol. The highest BCUT2D eigenvalue weighted by Crippen LogP contribution is 2.16. The van der Waals surface area contributed by atoms with E-state index in [-0.39, 0.29) is 17.9 Å². The zero-order valence-electron chi connectivity index (χ0n) is 14.4. The van der Waals surface area contributed by atoms with E-state index in [1.54, 1.807) is 24.3 Å². The van der Waals surface area contributed by atoms with Crippen molar-refractivity contribution in [2.24, 2.45) is 5.10 Å². The van der Waals surface area contributed by atoms with E-state index in [4.69, 9.17) is 0 Å². The average molecular weight is 359 g/mol. The molecule has 0 bridgehead atoms. The largest absolute Gasteiger partial charge is 0.294 e. The van der Waals surface area contributed by atoms with Gasteiger partial charge in [0.1, 0.15) is 0 Å². The summed E-state index contributed by atoms with van der Waals surface area (Å²) in [7, 11) is 0. The van der Waals surface area contributed by atoms with Crippen molar-refractivity contribution < 1.29 is 9.72 Å². The van der Waals surface area contributed by atoms with Crippen LogP contribution in [0.5, 0.6) is 0 Å². The molecule has 1 N–H and O–H groups in total. The van der Waals surface area contributed by atoms with Crippen LogP contribution in [0.4, 0.5) is 11.4 Å². The lowest BCUT2D eigenvalue weighted by molar-refractivity contribution is -0.384. The number of anilines is 1. The Hall–Kier alpha value is -3.80. The molecule has 0 aromatic heterocycles. The normalized spacial score (nSPS) is 11.0. The number of nitrogens with zero attached hydrogens (tertiary/aromatic N) is 2. The molecule has 0 amide bonds. The quantitative estimate of drug-likeness (QED) is 0.287. The Balaban J connectivity index is 1.82. The van der Waals surface area contributed by atoms with E-state index < -0.39 is 4.92 Å². The van der Waals surface area contributed by atoms with Gasteiger partial charge in [0.2, 0.25) is 0 Å². The van der Waals surface area contributed by atoms with Crippen molar-refractivity contribution >= 4 is 22.9 Å². The number of hydrazone groups is 1. The SMILES string of the molecule is O=C(C/C(=N/Nc1ccc([N+](=O)[O-])cc1)c1ccccc1)c1ccccc1. The van der Waals surface area contributed by atoms with Gasteiger partial charge in [-0.1, -0.05) is 60.7 Å². The zero-order valence-corrected chi connectivity index (χ0v) is 14.4. The summed E-state index contributed by atoms with van der Waals surface area (Å²) in [6.07, 6.45) is 0.133. The van der Waals surface area contributed by atoms with Gasteiger partial charge >= 0.3 is 0 Å². The van der Waals surface area contributed by atoms with E-state index >= 15 is 0 Å². The van der Waals surface area contributed by atoms with Gasteiger partial charge in [0.05, 0.1) is 22.7 Å². The number of Topliss-reactive ketones (excluding diaryl/α,β-unsaturated/α-hetero) is 1. The van der Waals surface area contributed by atoms with Gasteiger partial charge in [-0.25, -0.2) is 0 Å². The molecule has 0 spiro atoms. The highest BCUT2D eigenvalue weighted by atomic mass is 16.6. The van der Waals surface area contributed by atoms with Crippen LogP contribution >= 0.6 is 0 Å². The Bertz CT molecular complexity index is 953. The molecule has 0 aliphatic carbocycles. The van der Waals surface area contributed by atoms with Crippen LogP contribution in [0.1, 0.15) is 22.3 Å². The van der Waals surface area contributed by atoms with E-state index in [1.807, 2.05) is 48.5 Å². The maximum Gasteiger partial charge on any atom is 0.269 e. The predicted octanol–water partition coefficient (Wildman–Crippen LogP) is 4.68. The van der Waals surface area contributed by atoms with Crippen LogP contribution in [0.15, 0.2) is 90.0 Å². The molecule has 27 heavy (non-hydrogen) atoms. The molecule has 134 valence electrons. The van der Waals surface area contributed by atoms with E-state index in [0.29, 0.717) is 17.0 Å². The standard InChI is InChI=1S/C21H17N3O3/c25-21(17-9-5-2-6-10-17)15-20(16-7-3-1-4-8-16)23-22-18-11-13-19(14-12-18)24(26)27/h1-14,22H,15H2/b23-20-. The van der Waals surface area contributed by atoms with Crippen LogP contribution in [-0.4, -0.2) is 16.4 Å². The van der Waals surface area contributed by atoms with Crippen LogP contribution in [0.2, 0.25) is 0 Å². The zero-order chi connectivity index (χ0) is 19.1. The lowest BCUT2D eigenvalue weighted by Gasteiger charge is -2.08. The number of non-ortho nitro benzene ring substituents is 1. The summed E-state index contributed by atoms with van der Waals surface area (Å²) in [5.41, 5.74) is 5.52. The molecule has 0 unspecified atom stereocenters. The third-order valence-electron chi connectivity index (χ3n) is 3.93.